The first-order valence-corrected chi connectivity index (χ1v) is 12.3. The van der Waals surface area contributed by atoms with E-state index < -0.39 is 27.3 Å². The minimum atomic E-state index is -3.67. The third kappa shape index (κ3) is 5.87. The maximum Gasteiger partial charge on any atom is 0.341 e. The lowest BCUT2D eigenvalue weighted by molar-refractivity contribution is 0.0694. The normalized spacial score (nSPS) is 19.3. The van der Waals surface area contributed by atoms with Crippen molar-refractivity contribution in [1.29, 1.82) is 0 Å². The van der Waals surface area contributed by atoms with Gasteiger partial charge in [0.05, 0.1) is 23.9 Å². The molecule has 1 saturated carbocycles. The summed E-state index contributed by atoms with van der Waals surface area (Å²) >= 11 is 0. The molecule has 186 valence electrons. The summed E-state index contributed by atoms with van der Waals surface area (Å²) in [4.78, 5) is 35.1. The number of halogens is 1. The Labute approximate surface area is 194 Å². The zero-order valence-corrected chi connectivity index (χ0v) is 19.5. The molecule has 0 aromatic carbocycles. The van der Waals surface area contributed by atoms with Crippen LogP contribution in [0.2, 0.25) is 0 Å². The van der Waals surface area contributed by atoms with Crippen LogP contribution >= 0.6 is 0 Å². The van der Waals surface area contributed by atoms with Gasteiger partial charge in [-0.25, -0.2) is 14.2 Å². The van der Waals surface area contributed by atoms with Crippen molar-refractivity contribution in [2.24, 2.45) is 16.8 Å². The largest absolute Gasteiger partial charge is 0.477 e. The van der Waals surface area contributed by atoms with Crippen LogP contribution in [0.5, 0.6) is 0 Å². The second-order valence-corrected chi connectivity index (χ2v) is 9.60. The van der Waals surface area contributed by atoms with Crippen LogP contribution in [0.4, 0.5) is 10.2 Å². The summed E-state index contributed by atoms with van der Waals surface area (Å²) in [6.07, 6.45) is 4.44. The number of oxime groups is 1. The SMILES string of the molecule is CON=C1CN(c2nc3c(cc2F)c(=O)c(C(=O)O)cn3C2CC2)CC1CCN.CS(=O)(=O)O. The highest BCUT2D eigenvalue weighted by molar-refractivity contribution is 7.85. The second kappa shape index (κ2) is 10.0. The molecule has 2 aliphatic rings. The first kappa shape index (κ1) is 25.5. The van der Waals surface area contributed by atoms with Crippen molar-refractivity contribution >= 4 is 38.7 Å². The number of nitrogens with zero attached hydrogens (tertiary/aromatic N) is 4. The van der Waals surface area contributed by atoms with Crippen molar-refractivity contribution in [2.45, 2.75) is 25.3 Å². The summed E-state index contributed by atoms with van der Waals surface area (Å²) in [7, 11) is -2.21. The number of pyridine rings is 2. The number of nitrogens with two attached hydrogens (primary N) is 1. The topological polar surface area (TPSA) is 177 Å². The van der Waals surface area contributed by atoms with E-state index in [9.17, 15) is 27.5 Å². The molecule has 12 nitrogen and oxygen atoms in total. The van der Waals surface area contributed by atoms with Gasteiger partial charge in [-0.3, -0.25) is 9.35 Å². The number of rotatable bonds is 6. The van der Waals surface area contributed by atoms with Crippen LogP contribution in [0.3, 0.4) is 0 Å². The Morgan fingerprint density at radius 3 is 2.59 bits per heavy atom. The van der Waals surface area contributed by atoms with Crippen LogP contribution in [0.15, 0.2) is 22.2 Å². The van der Waals surface area contributed by atoms with Crippen LogP contribution in [0.25, 0.3) is 11.0 Å². The van der Waals surface area contributed by atoms with Crippen LogP contribution in [0.1, 0.15) is 35.7 Å². The standard InChI is InChI=1S/C19H22FN5O4.CH4O3S/c1-29-23-15-9-24(7-10(15)4-5-21)18-14(20)6-12-16(26)13(19(27)28)8-25(11-2-3-11)17(12)22-18;1-5(2,3)4/h6,8,10-11H,2-5,7,9,21H2,1H3,(H,27,28);1H3,(H,2,3,4). The van der Waals surface area contributed by atoms with Crippen molar-refractivity contribution < 1.29 is 32.1 Å². The minimum Gasteiger partial charge on any atom is -0.477 e. The van der Waals surface area contributed by atoms with E-state index in [2.05, 4.69) is 10.1 Å². The molecule has 1 aliphatic heterocycles. The Morgan fingerprint density at radius 2 is 2.06 bits per heavy atom. The van der Waals surface area contributed by atoms with Gasteiger partial charge in [0.1, 0.15) is 18.3 Å². The summed E-state index contributed by atoms with van der Waals surface area (Å²) in [5.74, 6) is -1.88. The molecule has 34 heavy (non-hydrogen) atoms. The van der Waals surface area contributed by atoms with Gasteiger partial charge in [-0.15, -0.1) is 0 Å². The lowest BCUT2D eigenvalue weighted by Gasteiger charge is -2.19. The predicted octanol–water partition coefficient (Wildman–Crippen LogP) is 0.860. The van der Waals surface area contributed by atoms with E-state index in [-0.39, 0.29) is 28.7 Å². The molecule has 1 unspecified atom stereocenters. The fourth-order valence-electron chi connectivity index (χ4n) is 3.84. The molecular weight excluding hydrogens is 473 g/mol. The van der Waals surface area contributed by atoms with Gasteiger partial charge in [-0.2, -0.15) is 8.42 Å². The maximum absolute atomic E-state index is 15.0. The molecule has 2 aromatic heterocycles. The van der Waals surface area contributed by atoms with E-state index in [1.807, 2.05) is 0 Å². The molecule has 1 atom stereocenters. The molecule has 0 radical (unpaired) electrons. The van der Waals surface area contributed by atoms with Gasteiger partial charge >= 0.3 is 5.97 Å². The molecular formula is C20H26FN5O7S. The van der Waals surface area contributed by atoms with Crippen LogP contribution in [0, 0.1) is 11.7 Å². The monoisotopic (exact) mass is 499 g/mol. The van der Waals surface area contributed by atoms with Gasteiger partial charge in [-0.1, -0.05) is 5.16 Å². The lowest BCUT2D eigenvalue weighted by atomic mass is 10.0. The van der Waals surface area contributed by atoms with Gasteiger partial charge in [0.25, 0.3) is 10.1 Å². The smallest absolute Gasteiger partial charge is 0.341 e. The number of fused-ring (bicyclic) bond motifs is 1. The van der Waals surface area contributed by atoms with Crippen molar-refractivity contribution in [3.05, 3.63) is 33.9 Å². The fourth-order valence-corrected chi connectivity index (χ4v) is 3.84. The highest BCUT2D eigenvalue weighted by Crippen LogP contribution is 2.37. The predicted molar refractivity (Wildman–Crippen MR) is 122 cm³/mol. The number of hydrogen-bond acceptors (Lipinski definition) is 9. The summed E-state index contributed by atoms with van der Waals surface area (Å²) in [6, 6.07) is 1.16. The van der Waals surface area contributed by atoms with Crippen molar-refractivity contribution in [1.82, 2.24) is 9.55 Å². The maximum atomic E-state index is 15.0. The van der Waals surface area contributed by atoms with Crippen LogP contribution in [-0.4, -0.2) is 72.3 Å². The highest BCUT2D eigenvalue weighted by atomic mass is 32.2. The summed E-state index contributed by atoms with van der Waals surface area (Å²) < 4.78 is 42.5. The Balaban J connectivity index is 0.000000588. The minimum absolute atomic E-state index is 0.0249. The molecule has 0 bridgehead atoms. The Hall–Kier alpha value is -3.10. The molecule has 4 rings (SSSR count). The Morgan fingerprint density at radius 1 is 1.41 bits per heavy atom. The van der Waals surface area contributed by atoms with E-state index in [0.29, 0.717) is 38.0 Å². The number of carboxylic acid groups (broad SMARTS) is 1. The average Bonchev–Trinajstić information content (AvgIpc) is 3.49. The van der Waals surface area contributed by atoms with Crippen molar-refractivity contribution in [3.8, 4) is 0 Å². The van der Waals surface area contributed by atoms with Gasteiger partial charge < -0.3 is 25.1 Å². The molecule has 3 heterocycles. The average molecular weight is 500 g/mol. The van der Waals surface area contributed by atoms with E-state index in [1.165, 1.54) is 13.3 Å². The number of aromatic carboxylic acids is 1. The number of anilines is 1. The summed E-state index contributed by atoms with van der Waals surface area (Å²) in [6.45, 7) is 1.29. The lowest BCUT2D eigenvalue weighted by Crippen LogP contribution is -2.25. The highest BCUT2D eigenvalue weighted by Gasteiger charge is 2.33. The van der Waals surface area contributed by atoms with Crippen LogP contribution in [-0.2, 0) is 15.0 Å². The van der Waals surface area contributed by atoms with E-state index in [1.54, 1.807) is 9.47 Å². The summed E-state index contributed by atoms with van der Waals surface area (Å²) in [5, 5.41) is 13.4. The first-order chi connectivity index (χ1) is 15.9. The molecule has 1 aliphatic carbocycles. The third-order valence-electron chi connectivity index (χ3n) is 5.40. The van der Waals surface area contributed by atoms with Gasteiger partial charge in [-0.05, 0) is 31.9 Å². The number of hydrogen-bond donors (Lipinski definition) is 3. The zero-order valence-electron chi connectivity index (χ0n) is 18.6. The molecule has 2 fully saturated rings. The quantitative estimate of drug-likeness (QED) is 0.381. The molecule has 4 N–H and O–H groups in total. The molecule has 14 heteroatoms. The number of aromatic nitrogens is 2. The fraction of sp³-hybridized carbons (Fsp3) is 0.500. The van der Waals surface area contributed by atoms with Crippen molar-refractivity contribution in [2.75, 3.05) is 37.9 Å². The van der Waals surface area contributed by atoms with Gasteiger partial charge in [0.15, 0.2) is 11.6 Å². The number of carboxylic acids is 1. The molecule has 2 aromatic rings. The second-order valence-electron chi connectivity index (χ2n) is 8.13. The Bertz CT molecular complexity index is 1280. The summed E-state index contributed by atoms with van der Waals surface area (Å²) in [5.41, 5.74) is 5.63. The van der Waals surface area contributed by atoms with E-state index >= 15 is 0 Å². The molecule has 0 spiro atoms. The van der Waals surface area contributed by atoms with E-state index in [0.717, 1.165) is 24.6 Å². The zero-order chi connectivity index (χ0) is 25.2. The van der Waals surface area contributed by atoms with Gasteiger partial charge in [0.2, 0.25) is 5.43 Å². The van der Waals surface area contributed by atoms with Crippen LogP contribution < -0.4 is 16.1 Å². The Kier molecular flexibility index (Phi) is 7.53. The van der Waals surface area contributed by atoms with Crippen molar-refractivity contribution in [3.63, 3.8) is 0 Å². The molecule has 0 amide bonds. The van der Waals surface area contributed by atoms with E-state index in [4.69, 9.17) is 15.1 Å². The third-order valence-corrected chi connectivity index (χ3v) is 5.40. The molecule has 1 saturated heterocycles. The van der Waals surface area contributed by atoms with Gasteiger partial charge in [0, 0.05) is 24.7 Å². The first-order valence-electron chi connectivity index (χ1n) is 10.4. The number of carbonyl (C=O) groups is 1.